The molecule has 2 rings (SSSR count). The number of nitrogens with zero attached hydrogens (tertiary/aromatic N) is 1. The highest BCUT2D eigenvalue weighted by Crippen LogP contribution is 2.30. The second-order valence-electron chi connectivity index (χ2n) is 5.72. The standard InChI is InChI=1S/C20H18FNO6S/c1-12(22-28-13(2)24)19(25)15-5-8-18(17(21)11-15)29-16-6-3-14(4-7-16)20(26)27-10-9-23/h3-8,11,23H,9-10H2,1-2H3. The van der Waals surface area contributed by atoms with E-state index in [1.807, 2.05) is 0 Å². The molecular formula is C20H18FNO6S. The van der Waals surface area contributed by atoms with E-state index in [4.69, 9.17) is 9.84 Å². The smallest absolute Gasteiger partial charge is 0.338 e. The quantitative estimate of drug-likeness (QED) is 0.230. The molecule has 1 N–H and O–H groups in total. The third-order valence-corrected chi connectivity index (χ3v) is 4.53. The molecule has 0 unspecified atom stereocenters. The van der Waals surface area contributed by atoms with Crippen LogP contribution < -0.4 is 0 Å². The van der Waals surface area contributed by atoms with Crippen LogP contribution in [0.1, 0.15) is 34.6 Å². The van der Waals surface area contributed by atoms with Crippen molar-refractivity contribution < 1.29 is 33.5 Å². The van der Waals surface area contributed by atoms with Gasteiger partial charge in [-0.2, -0.15) is 0 Å². The Hall–Kier alpha value is -3.04. The number of aliphatic hydroxyl groups excluding tert-OH is 1. The predicted molar refractivity (Wildman–Crippen MR) is 104 cm³/mol. The van der Waals surface area contributed by atoms with Crippen LogP contribution in [-0.2, 0) is 14.4 Å². The lowest BCUT2D eigenvalue weighted by molar-refractivity contribution is -0.140. The lowest BCUT2D eigenvalue weighted by Crippen LogP contribution is -2.12. The van der Waals surface area contributed by atoms with Crippen molar-refractivity contribution in [3.8, 4) is 0 Å². The maximum Gasteiger partial charge on any atom is 0.338 e. The number of hydrogen-bond acceptors (Lipinski definition) is 8. The molecule has 0 aliphatic carbocycles. The largest absolute Gasteiger partial charge is 0.460 e. The van der Waals surface area contributed by atoms with E-state index in [1.54, 1.807) is 12.1 Å². The highest BCUT2D eigenvalue weighted by molar-refractivity contribution is 7.99. The molecule has 0 saturated carbocycles. The fourth-order valence-electron chi connectivity index (χ4n) is 2.12. The molecule has 29 heavy (non-hydrogen) atoms. The summed E-state index contributed by atoms with van der Waals surface area (Å²) in [6.07, 6.45) is 0. The molecule has 0 saturated heterocycles. The first-order valence-electron chi connectivity index (χ1n) is 8.44. The fourth-order valence-corrected chi connectivity index (χ4v) is 2.93. The lowest BCUT2D eigenvalue weighted by Gasteiger charge is -2.07. The van der Waals surface area contributed by atoms with E-state index in [1.165, 1.54) is 31.2 Å². The molecule has 0 heterocycles. The fraction of sp³-hybridized carbons (Fsp3) is 0.200. The normalized spacial score (nSPS) is 11.1. The van der Waals surface area contributed by atoms with Gasteiger partial charge in [0.1, 0.15) is 18.1 Å². The van der Waals surface area contributed by atoms with Gasteiger partial charge in [-0.05, 0) is 49.4 Å². The molecule has 7 nitrogen and oxygen atoms in total. The topological polar surface area (TPSA) is 102 Å². The summed E-state index contributed by atoms with van der Waals surface area (Å²) in [7, 11) is 0. The van der Waals surface area contributed by atoms with Gasteiger partial charge in [0.05, 0.1) is 12.2 Å². The molecule has 0 amide bonds. The van der Waals surface area contributed by atoms with Crippen LogP contribution >= 0.6 is 11.8 Å². The molecule has 0 aromatic heterocycles. The number of aliphatic hydroxyl groups is 1. The molecular weight excluding hydrogens is 401 g/mol. The summed E-state index contributed by atoms with van der Waals surface area (Å²) in [6.45, 7) is 2.17. The zero-order valence-electron chi connectivity index (χ0n) is 15.7. The van der Waals surface area contributed by atoms with E-state index in [0.717, 1.165) is 24.8 Å². The number of ketones is 1. The Morgan fingerprint density at radius 3 is 2.31 bits per heavy atom. The van der Waals surface area contributed by atoms with Crippen molar-refractivity contribution in [3.05, 3.63) is 59.4 Å². The van der Waals surface area contributed by atoms with Gasteiger partial charge < -0.3 is 14.7 Å². The highest BCUT2D eigenvalue weighted by Gasteiger charge is 2.15. The molecule has 9 heteroatoms. The number of oxime groups is 1. The van der Waals surface area contributed by atoms with E-state index >= 15 is 0 Å². The molecule has 0 bridgehead atoms. The Labute approximate surface area is 170 Å². The average Bonchev–Trinajstić information content (AvgIpc) is 2.71. The van der Waals surface area contributed by atoms with Crippen LogP contribution in [0.2, 0.25) is 0 Å². The first kappa shape index (κ1) is 22.3. The molecule has 0 radical (unpaired) electrons. The second kappa shape index (κ2) is 10.5. The molecule has 0 aliphatic rings. The Balaban J connectivity index is 2.09. The SMILES string of the molecule is CC(=O)ON=C(C)C(=O)c1ccc(Sc2ccc(C(=O)OCCO)cc2)c(F)c1. The number of Topliss-reactive ketones (excluding diaryl/α,β-unsaturated/α-hetero) is 1. The van der Waals surface area contributed by atoms with Crippen LogP contribution in [0.4, 0.5) is 4.39 Å². The number of rotatable bonds is 8. The molecule has 0 atom stereocenters. The van der Waals surface area contributed by atoms with Crippen molar-refractivity contribution in [1.82, 2.24) is 0 Å². The predicted octanol–water partition coefficient (Wildman–Crippen LogP) is 3.25. The summed E-state index contributed by atoms with van der Waals surface area (Å²) >= 11 is 1.12. The van der Waals surface area contributed by atoms with Gasteiger partial charge in [-0.25, -0.2) is 14.0 Å². The van der Waals surface area contributed by atoms with Gasteiger partial charge in [-0.1, -0.05) is 16.9 Å². The third-order valence-electron chi connectivity index (χ3n) is 3.48. The van der Waals surface area contributed by atoms with Crippen molar-refractivity contribution in [2.45, 2.75) is 23.6 Å². The van der Waals surface area contributed by atoms with Gasteiger partial charge in [0.25, 0.3) is 0 Å². The monoisotopic (exact) mass is 419 g/mol. The Morgan fingerprint density at radius 2 is 1.72 bits per heavy atom. The second-order valence-corrected chi connectivity index (χ2v) is 6.84. The van der Waals surface area contributed by atoms with Crippen molar-refractivity contribution >= 4 is 35.2 Å². The van der Waals surface area contributed by atoms with E-state index in [-0.39, 0.29) is 29.4 Å². The minimum absolute atomic E-state index is 0.0715. The number of carbonyl (C=O) groups excluding carboxylic acids is 3. The van der Waals surface area contributed by atoms with Crippen molar-refractivity contribution in [1.29, 1.82) is 0 Å². The molecule has 152 valence electrons. The van der Waals surface area contributed by atoms with Crippen LogP contribution in [0.3, 0.4) is 0 Å². The zero-order valence-corrected chi connectivity index (χ0v) is 16.5. The highest BCUT2D eigenvalue weighted by atomic mass is 32.2. The van der Waals surface area contributed by atoms with Crippen LogP contribution in [0.5, 0.6) is 0 Å². The maximum absolute atomic E-state index is 14.4. The van der Waals surface area contributed by atoms with Gasteiger partial charge >= 0.3 is 11.9 Å². The lowest BCUT2D eigenvalue weighted by atomic mass is 10.1. The van der Waals surface area contributed by atoms with Crippen LogP contribution in [0.25, 0.3) is 0 Å². The molecule has 2 aromatic carbocycles. The first-order valence-corrected chi connectivity index (χ1v) is 9.25. The van der Waals surface area contributed by atoms with Gasteiger partial charge in [-0.15, -0.1) is 0 Å². The number of halogens is 1. The first-order chi connectivity index (χ1) is 13.8. The summed E-state index contributed by atoms with van der Waals surface area (Å²) in [6, 6.07) is 10.3. The van der Waals surface area contributed by atoms with Crippen molar-refractivity contribution in [2.75, 3.05) is 13.2 Å². The summed E-state index contributed by atoms with van der Waals surface area (Å²) in [4.78, 5) is 40.0. The Kier molecular flexibility index (Phi) is 8.05. The van der Waals surface area contributed by atoms with Crippen LogP contribution in [-0.4, -0.2) is 41.8 Å². The minimum atomic E-state index is -0.664. The summed E-state index contributed by atoms with van der Waals surface area (Å²) in [5.41, 5.74) is 0.303. The van der Waals surface area contributed by atoms with Crippen LogP contribution in [0, 0.1) is 5.82 Å². The third kappa shape index (κ3) is 6.51. The Bertz CT molecular complexity index is 942. The zero-order chi connectivity index (χ0) is 21.4. The van der Waals surface area contributed by atoms with E-state index in [2.05, 4.69) is 9.99 Å². The molecule has 2 aromatic rings. The van der Waals surface area contributed by atoms with E-state index in [9.17, 15) is 18.8 Å². The van der Waals surface area contributed by atoms with Gasteiger partial charge in [0.15, 0.2) is 0 Å². The molecule has 0 spiro atoms. The van der Waals surface area contributed by atoms with Gasteiger partial charge in [-0.3, -0.25) is 4.79 Å². The summed E-state index contributed by atoms with van der Waals surface area (Å²) in [5, 5.41) is 12.1. The maximum atomic E-state index is 14.4. The number of carbonyl (C=O) groups is 3. The summed E-state index contributed by atoms with van der Waals surface area (Å²) < 4.78 is 19.2. The minimum Gasteiger partial charge on any atom is -0.460 e. The average molecular weight is 419 g/mol. The van der Waals surface area contributed by atoms with E-state index in [0.29, 0.717) is 10.5 Å². The number of ether oxygens (including phenoxy) is 1. The Morgan fingerprint density at radius 1 is 1.07 bits per heavy atom. The van der Waals surface area contributed by atoms with Crippen LogP contribution in [0.15, 0.2) is 57.4 Å². The number of esters is 1. The van der Waals surface area contributed by atoms with Gasteiger partial charge in [0, 0.05) is 22.3 Å². The van der Waals surface area contributed by atoms with Crippen molar-refractivity contribution in [3.63, 3.8) is 0 Å². The summed E-state index contributed by atoms with van der Waals surface area (Å²) in [5.74, 6) is -2.39. The molecule has 0 aliphatic heterocycles. The number of benzene rings is 2. The van der Waals surface area contributed by atoms with Gasteiger partial charge in [0.2, 0.25) is 5.78 Å². The number of hydrogen-bond donors (Lipinski definition) is 1. The van der Waals surface area contributed by atoms with E-state index < -0.39 is 23.5 Å². The van der Waals surface area contributed by atoms with Crippen molar-refractivity contribution in [2.24, 2.45) is 5.16 Å². The molecule has 0 fully saturated rings.